The average Bonchev–Trinajstić information content (AvgIpc) is 2.78. The number of nitrogens with two attached hydrogens (primary N) is 1. The molecular weight excluding hydrogens is 260 g/mol. The second-order valence-corrected chi connectivity index (χ2v) is 5.74. The monoisotopic (exact) mass is 270 g/mol. The number of nitrogens with one attached hydrogen (secondary N) is 1. The summed E-state index contributed by atoms with van der Waals surface area (Å²) in [5.74, 6) is 0.0432. The van der Waals surface area contributed by atoms with Crippen LogP contribution in [0.25, 0.3) is 0 Å². The summed E-state index contributed by atoms with van der Waals surface area (Å²) < 4.78 is 26.3. The summed E-state index contributed by atoms with van der Waals surface area (Å²) in [7, 11) is -3.66. The molecule has 0 saturated carbocycles. The second-order valence-electron chi connectivity index (χ2n) is 3.09. The molecule has 90 valence electrons. The molecular formula is C9H10N4O2S2. The van der Waals surface area contributed by atoms with Crippen LogP contribution < -0.4 is 10.5 Å². The lowest BCUT2D eigenvalue weighted by Crippen LogP contribution is -2.16. The Morgan fingerprint density at radius 1 is 1.35 bits per heavy atom. The highest BCUT2D eigenvalue weighted by Crippen LogP contribution is 2.22. The van der Waals surface area contributed by atoms with E-state index < -0.39 is 10.0 Å². The van der Waals surface area contributed by atoms with E-state index >= 15 is 0 Å². The van der Waals surface area contributed by atoms with Gasteiger partial charge >= 0.3 is 0 Å². The molecule has 17 heavy (non-hydrogen) atoms. The van der Waals surface area contributed by atoms with E-state index in [1.807, 2.05) is 0 Å². The first-order valence-corrected chi connectivity index (χ1v) is 7.06. The first-order valence-electron chi connectivity index (χ1n) is 4.70. The smallest absolute Gasteiger partial charge is 0.265 e. The first kappa shape index (κ1) is 12.0. The van der Waals surface area contributed by atoms with E-state index in [9.17, 15) is 8.42 Å². The summed E-state index contributed by atoms with van der Waals surface area (Å²) in [4.78, 5) is 8.38. The zero-order valence-corrected chi connectivity index (χ0v) is 10.3. The van der Waals surface area contributed by atoms with Gasteiger partial charge in [-0.3, -0.25) is 0 Å². The molecule has 0 aliphatic heterocycles. The van der Waals surface area contributed by atoms with Gasteiger partial charge in [0.1, 0.15) is 4.90 Å². The Hall–Kier alpha value is -1.51. The number of sulfonamides is 1. The minimum atomic E-state index is -3.66. The van der Waals surface area contributed by atoms with Crippen LogP contribution in [-0.2, 0) is 16.6 Å². The van der Waals surface area contributed by atoms with E-state index in [4.69, 9.17) is 5.73 Å². The van der Waals surface area contributed by atoms with E-state index in [0.29, 0.717) is 4.88 Å². The molecule has 2 aromatic heterocycles. The molecule has 0 fully saturated rings. The largest absolute Gasteiger partial charge is 0.326 e. The van der Waals surface area contributed by atoms with E-state index in [1.54, 1.807) is 11.4 Å². The Labute approximate surface area is 103 Å². The maximum absolute atomic E-state index is 12.0. The van der Waals surface area contributed by atoms with E-state index in [0.717, 1.165) is 0 Å². The Kier molecular flexibility index (Phi) is 3.36. The fraction of sp³-hybridized carbons (Fsp3) is 0.111. The van der Waals surface area contributed by atoms with Crippen molar-refractivity contribution in [3.8, 4) is 0 Å². The summed E-state index contributed by atoms with van der Waals surface area (Å²) in [6.07, 6.45) is 2.92. The van der Waals surface area contributed by atoms with Gasteiger partial charge in [-0.2, -0.15) is 0 Å². The van der Waals surface area contributed by atoms with Gasteiger partial charge < -0.3 is 5.73 Å². The second kappa shape index (κ2) is 4.78. The van der Waals surface area contributed by atoms with Crippen LogP contribution >= 0.6 is 11.3 Å². The van der Waals surface area contributed by atoms with Crippen molar-refractivity contribution in [2.24, 2.45) is 5.73 Å². The van der Waals surface area contributed by atoms with Crippen molar-refractivity contribution in [2.75, 3.05) is 4.72 Å². The lowest BCUT2D eigenvalue weighted by molar-refractivity contribution is 0.600. The maximum atomic E-state index is 12.0. The lowest BCUT2D eigenvalue weighted by Gasteiger charge is -2.05. The third kappa shape index (κ3) is 2.60. The van der Waals surface area contributed by atoms with Crippen LogP contribution in [0.1, 0.15) is 4.88 Å². The van der Waals surface area contributed by atoms with Crippen molar-refractivity contribution < 1.29 is 8.42 Å². The molecule has 0 radical (unpaired) electrons. The van der Waals surface area contributed by atoms with Crippen LogP contribution in [0.2, 0.25) is 0 Å². The first-order chi connectivity index (χ1) is 8.13. The molecule has 2 heterocycles. The summed E-state index contributed by atoms with van der Waals surface area (Å²) >= 11 is 1.30. The van der Waals surface area contributed by atoms with Crippen molar-refractivity contribution >= 4 is 27.3 Å². The van der Waals surface area contributed by atoms with Crippen molar-refractivity contribution in [2.45, 2.75) is 11.4 Å². The Morgan fingerprint density at radius 3 is 2.71 bits per heavy atom. The number of hydrogen-bond acceptors (Lipinski definition) is 6. The molecule has 0 spiro atoms. The van der Waals surface area contributed by atoms with Gasteiger partial charge in [0, 0.05) is 23.8 Å². The molecule has 2 rings (SSSR count). The van der Waals surface area contributed by atoms with Crippen molar-refractivity contribution in [3.63, 3.8) is 0 Å². The summed E-state index contributed by atoms with van der Waals surface area (Å²) in [6.45, 7) is 0.184. The third-order valence-electron chi connectivity index (χ3n) is 1.97. The number of thiophene rings is 1. The van der Waals surface area contributed by atoms with Gasteiger partial charge in [0.2, 0.25) is 5.95 Å². The number of hydrogen-bond donors (Lipinski definition) is 2. The van der Waals surface area contributed by atoms with Crippen molar-refractivity contribution in [1.82, 2.24) is 9.97 Å². The number of nitrogens with zero attached hydrogens (tertiary/aromatic N) is 2. The van der Waals surface area contributed by atoms with Crippen LogP contribution in [-0.4, -0.2) is 18.4 Å². The Bertz CT molecular complexity index is 594. The Morgan fingerprint density at radius 2 is 2.06 bits per heavy atom. The zero-order chi connectivity index (χ0) is 12.3. The fourth-order valence-electron chi connectivity index (χ4n) is 1.24. The standard InChI is InChI=1S/C9H10N4O2S2/c10-6-7-8(2-5-16-7)17(14,15)13-9-11-3-1-4-12-9/h1-5H,6,10H2,(H,11,12,13). The molecule has 0 unspecified atom stereocenters. The predicted octanol–water partition coefficient (Wildman–Crippen LogP) is 0.798. The molecule has 0 aliphatic rings. The van der Waals surface area contributed by atoms with Gasteiger partial charge in [-0.25, -0.2) is 23.1 Å². The van der Waals surface area contributed by atoms with Crippen LogP contribution in [0.5, 0.6) is 0 Å². The van der Waals surface area contributed by atoms with Gasteiger partial charge in [-0.05, 0) is 17.5 Å². The quantitative estimate of drug-likeness (QED) is 0.856. The number of aromatic nitrogens is 2. The van der Waals surface area contributed by atoms with E-state index in [-0.39, 0.29) is 17.4 Å². The fourth-order valence-corrected chi connectivity index (χ4v) is 3.54. The Balaban J connectivity index is 2.32. The normalized spacial score (nSPS) is 11.4. The van der Waals surface area contributed by atoms with Crippen molar-refractivity contribution in [3.05, 3.63) is 34.8 Å². The summed E-state index contributed by atoms with van der Waals surface area (Å²) in [5.41, 5.74) is 5.47. The van der Waals surface area contributed by atoms with Gasteiger partial charge in [-0.1, -0.05) is 0 Å². The van der Waals surface area contributed by atoms with Crippen molar-refractivity contribution in [1.29, 1.82) is 0 Å². The lowest BCUT2D eigenvalue weighted by atomic mass is 10.5. The summed E-state index contributed by atoms with van der Waals surface area (Å²) in [5, 5.41) is 1.68. The van der Waals surface area contributed by atoms with Gasteiger partial charge in [0.25, 0.3) is 10.0 Å². The topological polar surface area (TPSA) is 98.0 Å². The van der Waals surface area contributed by atoms with Gasteiger partial charge in [0.05, 0.1) is 0 Å². The highest BCUT2D eigenvalue weighted by molar-refractivity contribution is 7.92. The predicted molar refractivity (Wildman–Crippen MR) is 65.1 cm³/mol. The molecule has 0 aliphatic carbocycles. The van der Waals surface area contributed by atoms with Gasteiger partial charge in [-0.15, -0.1) is 11.3 Å². The maximum Gasteiger partial charge on any atom is 0.265 e. The van der Waals surface area contributed by atoms with Gasteiger partial charge in [0.15, 0.2) is 0 Å². The molecule has 6 nitrogen and oxygen atoms in total. The molecule has 3 N–H and O–H groups in total. The SMILES string of the molecule is NCc1sccc1S(=O)(=O)Nc1ncccn1. The van der Waals surface area contributed by atoms with E-state index in [2.05, 4.69) is 14.7 Å². The van der Waals surface area contributed by atoms with E-state index in [1.165, 1.54) is 29.8 Å². The minimum Gasteiger partial charge on any atom is -0.326 e. The number of anilines is 1. The molecule has 2 aromatic rings. The molecule has 0 amide bonds. The van der Waals surface area contributed by atoms with Crippen LogP contribution in [0, 0.1) is 0 Å². The molecule has 8 heteroatoms. The highest BCUT2D eigenvalue weighted by Gasteiger charge is 2.19. The average molecular weight is 270 g/mol. The summed E-state index contributed by atoms with van der Waals surface area (Å²) in [6, 6.07) is 3.12. The third-order valence-corrected chi connectivity index (χ3v) is 4.46. The van der Waals surface area contributed by atoms with Crippen LogP contribution in [0.15, 0.2) is 34.8 Å². The molecule has 0 aromatic carbocycles. The van der Waals surface area contributed by atoms with Crippen LogP contribution in [0.3, 0.4) is 0 Å². The number of rotatable bonds is 4. The molecule has 0 bridgehead atoms. The molecule has 0 atom stereocenters. The molecule has 0 saturated heterocycles. The zero-order valence-electron chi connectivity index (χ0n) is 8.70. The van der Waals surface area contributed by atoms with Crippen LogP contribution in [0.4, 0.5) is 5.95 Å². The minimum absolute atomic E-state index is 0.0432. The highest BCUT2D eigenvalue weighted by atomic mass is 32.2.